The zero-order chi connectivity index (χ0) is 20.4. The monoisotopic (exact) mass is 395 g/mol. The maximum absolute atomic E-state index is 7.51. The number of rotatable bonds is 6. The number of hydrogen-bond acceptors (Lipinski definition) is 8. The van der Waals surface area contributed by atoms with Gasteiger partial charge in [-0.2, -0.15) is 4.52 Å². The lowest BCUT2D eigenvalue weighted by molar-refractivity contribution is 0.316. The molecule has 3 aromatic rings. The molecule has 29 heavy (non-hydrogen) atoms. The molecule has 3 heterocycles. The van der Waals surface area contributed by atoms with Gasteiger partial charge in [0.2, 0.25) is 5.95 Å². The van der Waals surface area contributed by atoms with Crippen LogP contribution in [0.5, 0.6) is 5.75 Å². The third kappa shape index (κ3) is 3.97. The van der Waals surface area contributed by atoms with Crippen LogP contribution in [-0.4, -0.2) is 69.3 Å². The Morgan fingerprint density at radius 2 is 2.17 bits per heavy atom. The molecule has 0 unspecified atom stereocenters. The van der Waals surface area contributed by atoms with Gasteiger partial charge in [-0.25, -0.2) is 9.97 Å². The van der Waals surface area contributed by atoms with Gasteiger partial charge in [-0.05, 0) is 18.6 Å². The molecule has 0 saturated carbocycles. The number of anilines is 1. The maximum atomic E-state index is 7.51. The van der Waals surface area contributed by atoms with Gasteiger partial charge in [0, 0.05) is 50.1 Å². The van der Waals surface area contributed by atoms with Crippen LogP contribution in [0.3, 0.4) is 0 Å². The largest absolute Gasteiger partial charge is 0.494 e. The first kappa shape index (κ1) is 19.1. The van der Waals surface area contributed by atoms with Crippen molar-refractivity contribution in [3.05, 3.63) is 24.0 Å². The number of para-hydroxylation sites is 1. The molecule has 0 spiro atoms. The zero-order valence-corrected chi connectivity index (χ0v) is 16.4. The summed E-state index contributed by atoms with van der Waals surface area (Å²) in [5.41, 5.74) is 14.0. The molecule has 152 valence electrons. The Morgan fingerprint density at radius 3 is 2.97 bits per heavy atom. The van der Waals surface area contributed by atoms with E-state index < -0.39 is 0 Å². The topological polar surface area (TPSA) is 144 Å². The third-order valence-corrected chi connectivity index (χ3v) is 4.97. The number of nitrogen functional groups attached to an aromatic ring is 1. The minimum Gasteiger partial charge on any atom is -0.494 e. The van der Waals surface area contributed by atoms with E-state index >= 15 is 0 Å². The molecule has 1 aliphatic rings. The predicted octanol–water partition coefficient (Wildman–Crippen LogP) is 0.884. The number of amidine groups is 1. The van der Waals surface area contributed by atoms with Crippen molar-refractivity contribution < 1.29 is 4.74 Å². The van der Waals surface area contributed by atoms with Gasteiger partial charge in [0.1, 0.15) is 11.3 Å². The normalized spacial score (nSPS) is 15.4. The third-order valence-electron chi connectivity index (χ3n) is 4.97. The number of nitrogens with two attached hydrogens (primary N) is 2. The number of aromatic nitrogens is 4. The molecule has 0 aliphatic carbocycles. The first-order valence-corrected chi connectivity index (χ1v) is 9.60. The first-order valence-electron chi connectivity index (χ1n) is 9.60. The van der Waals surface area contributed by atoms with Crippen LogP contribution in [0.4, 0.5) is 5.95 Å². The fourth-order valence-corrected chi connectivity index (χ4v) is 3.64. The molecule has 5 N–H and O–H groups in total. The van der Waals surface area contributed by atoms with Gasteiger partial charge in [0.15, 0.2) is 11.5 Å². The summed E-state index contributed by atoms with van der Waals surface area (Å²) in [5.74, 6) is 1.80. The number of benzene rings is 1. The van der Waals surface area contributed by atoms with Gasteiger partial charge in [-0.3, -0.25) is 15.3 Å². The number of fused-ring (bicyclic) bond motifs is 3. The Balaban J connectivity index is 1.56. The second-order valence-corrected chi connectivity index (χ2v) is 7.12. The Morgan fingerprint density at radius 1 is 1.31 bits per heavy atom. The van der Waals surface area contributed by atoms with Gasteiger partial charge >= 0.3 is 0 Å². The molecule has 0 bridgehead atoms. The number of hydrogen-bond donors (Lipinski definition) is 3. The molecule has 10 nitrogen and oxygen atoms in total. The van der Waals surface area contributed by atoms with E-state index in [2.05, 4.69) is 20.0 Å². The van der Waals surface area contributed by atoms with Crippen LogP contribution in [-0.2, 0) is 6.42 Å². The highest BCUT2D eigenvalue weighted by molar-refractivity contribution is 6.02. The molecule has 0 atom stereocenters. The summed E-state index contributed by atoms with van der Waals surface area (Å²) in [6, 6.07) is 5.69. The van der Waals surface area contributed by atoms with Crippen LogP contribution in [0.2, 0.25) is 0 Å². The number of nitrogens with zero attached hydrogens (tertiary/aromatic N) is 6. The molecular formula is C19H25N9O. The summed E-state index contributed by atoms with van der Waals surface area (Å²) in [6.45, 7) is 3.24. The summed E-state index contributed by atoms with van der Waals surface area (Å²) < 4.78 is 6.98. The average Bonchev–Trinajstić information content (AvgIpc) is 3.01. The van der Waals surface area contributed by atoms with Crippen molar-refractivity contribution in [3.63, 3.8) is 0 Å². The van der Waals surface area contributed by atoms with Crippen LogP contribution < -0.4 is 16.2 Å². The van der Waals surface area contributed by atoms with Crippen molar-refractivity contribution >= 4 is 34.0 Å². The van der Waals surface area contributed by atoms with E-state index in [-0.39, 0.29) is 11.8 Å². The van der Waals surface area contributed by atoms with Gasteiger partial charge in [-0.1, -0.05) is 6.07 Å². The molecule has 0 amide bonds. The highest BCUT2D eigenvalue weighted by atomic mass is 16.5. The van der Waals surface area contributed by atoms with Crippen molar-refractivity contribution in [2.75, 3.05) is 39.0 Å². The second kappa shape index (κ2) is 8.00. The van der Waals surface area contributed by atoms with E-state index in [0.29, 0.717) is 35.6 Å². The lowest BCUT2D eigenvalue weighted by Crippen LogP contribution is -2.33. The smallest absolute Gasteiger partial charge is 0.223 e. The molecular weight excluding hydrogens is 370 g/mol. The van der Waals surface area contributed by atoms with Crippen LogP contribution in [0, 0.1) is 5.41 Å². The predicted molar refractivity (Wildman–Crippen MR) is 113 cm³/mol. The lowest BCUT2D eigenvalue weighted by Gasteiger charge is -2.19. The number of aliphatic imine (C=N–C) groups is 1. The number of ether oxygens (including phenoxy) is 1. The molecule has 0 saturated heterocycles. The SMILES string of the molecule is COc1cccc2c1nc(N)n1nc(CCN3CCCN=C(CC(=N)N)C3)nc21. The zero-order valence-electron chi connectivity index (χ0n) is 16.4. The van der Waals surface area contributed by atoms with Crippen LogP contribution >= 0.6 is 0 Å². The summed E-state index contributed by atoms with van der Waals surface area (Å²) >= 11 is 0. The Hall–Kier alpha value is -3.27. The summed E-state index contributed by atoms with van der Waals surface area (Å²) in [7, 11) is 1.61. The van der Waals surface area contributed by atoms with Gasteiger partial charge in [-0.15, -0.1) is 5.10 Å². The van der Waals surface area contributed by atoms with Crippen LogP contribution in [0.25, 0.3) is 16.6 Å². The molecule has 10 heteroatoms. The minimum atomic E-state index is 0.151. The van der Waals surface area contributed by atoms with E-state index in [1.165, 1.54) is 0 Å². The molecule has 0 radical (unpaired) electrons. The van der Waals surface area contributed by atoms with E-state index in [9.17, 15) is 0 Å². The van der Waals surface area contributed by atoms with Crippen molar-refractivity contribution in [2.45, 2.75) is 19.3 Å². The van der Waals surface area contributed by atoms with Crippen molar-refractivity contribution in [1.82, 2.24) is 24.5 Å². The van der Waals surface area contributed by atoms with Crippen molar-refractivity contribution in [2.24, 2.45) is 10.7 Å². The summed E-state index contributed by atoms with van der Waals surface area (Å²) in [5, 5.41) is 12.9. The highest BCUT2D eigenvalue weighted by Crippen LogP contribution is 2.27. The first-order chi connectivity index (χ1) is 14.0. The second-order valence-electron chi connectivity index (χ2n) is 7.12. The lowest BCUT2D eigenvalue weighted by atomic mass is 10.2. The van der Waals surface area contributed by atoms with E-state index in [1.54, 1.807) is 11.6 Å². The molecule has 4 rings (SSSR count). The van der Waals surface area contributed by atoms with Crippen LogP contribution in [0.15, 0.2) is 23.2 Å². The molecule has 1 aromatic carbocycles. The van der Waals surface area contributed by atoms with Gasteiger partial charge in [0.25, 0.3) is 0 Å². The average molecular weight is 395 g/mol. The number of nitrogens with one attached hydrogen (secondary N) is 1. The fraction of sp³-hybridized carbons (Fsp3) is 0.421. The molecule has 2 aromatic heterocycles. The van der Waals surface area contributed by atoms with Crippen molar-refractivity contribution in [1.29, 1.82) is 5.41 Å². The molecule has 1 aliphatic heterocycles. The quantitative estimate of drug-likeness (QED) is 0.415. The highest BCUT2D eigenvalue weighted by Gasteiger charge is 2.17. The van der Waals surface area contributed by atoms with Gasteiger partial charge < -0.3 is 16.2 Å². The van der Waals surface area contributed by atoms with Crippen molar-refractivity contribution in [3.8, 4) is 5.75 Å². The maximum Gasteiger partial charge on any atom is 0.223 e. The fourth-order valence-electron chi connectivity index (χ4n) is 3.64. The van der Waals surface area contributed by atoms with Gasteiger partial charge in [0.05, 0.1) is 12.9 Å². The van der Waals surface area contributed by atoms with Crippen LogP contribution in [0.1, 0.15) is 18.7 Å². The number of methoxy groups -OCH3 is 1. The summed E-state index contributed by atoms with van der Waals surface area (Å²) in [4.78, 5) is 16.0. The Kier molecular flexibility index (Phi) is 5.26. The molecule has 0 fully saturated rings. The standard InChI is InChI=1S/C19H25N9O/c1-29-14-5-2-4-13-17(14)25-19(22)28-18(13)24-16(26-28)6-9-27-8-3-7-23-12(11-27)10-15(20)21/h2,4-5H,3,6-11H2,1H3,(H3,20,21)(H2,22,25). The summed E-state index contributed by atoms with van der Waals surface area (Å²) in [6.07, 6.45) is 2.10. The minimum absolute atomic E-state index is 0.151. The van der Waals surface area contributed by atoms with E-state index in [1.807, 2.05) is 18.2 Å². The Bertz CT molecular complexity index is 1090. The van der Waals surface area contributed by atoms with E-state index in [0.717, 1.165) is 43.7 Å². The van der Waals surface area contributed by atoms with E-state index in [4.69, 9.17) is 26.6 Å². The Labute approximate surface area is 168 Å².